The van der Waals surface area contributed by atoms with Crippen molar-refractivity contribution in [3.05, 3.63) is 47.8 Å². The van der Waals surface area contributed by atoms with E-state index in [1.54, 1.807) is 25.4 Å². The summed E-state index contributed by atoms with van der Waals surface area (Å²) in [7, 11) is 1.60. The fourth-order valence-electron chi connectivity index (χ4n) is 4.91. The lowest BCUT2D eigenvalue weighted by Crippen LogP contribution is -2.47. The molecule has 4 heterocycles. The summed E-state index contributed by atoms with van der Waals surface area (Å²) in [5.74, 6) is 2.05. The van der Waals surface area contributed by atoms with Crippen LogP contribution in [0.3, 0.4) is 0 Å². The van der Waals surface area contributed by atoms with Crippen molar-refractivity contribution in [1.29, 1.82) is 0 Å². The van der Waals surface area contributed by atoms with E-state index in [9.17, 15) is 4.79 Å². The molecular weight excluding hydrogens is 460 g/mol. The molecule has 0 bridgehead atoms. The number of guanidine groups is 1. The van der Waals surface area contributed by atoms with Crippen LogP contribution in [0.25, 0.3) is 0 Å². The van der Waals surface area contributed by atoms with Crippen LogP contribution in [0.4, 0.5) is 5.69 Å². The first-order chi connectivity index (χ1) is 17.5. The van der Waals surface area contributed by atoms with E-state index in [2.05, 4.69) is 34.0 Å². The van der Waals surface area contributed by atoms with Crippen LogP contribution >= 0.6 is 0 Å². The molecule has 5 rings (SSSR count). The summed E-state index contributed by atoms with van der Waals surface area (Å²) in [6.07, 6.45) is 4.54. The highest BCUT2D eigenvalue weighted by Gasteiger charge is 2.33. The van der Waals surface area contributed by atoms with Crippen molar-refractivity contribution in [3.8, 4) is 11.5 Å². The van der Waals surface area contributed by atoms with Gasteiger partial charge in [-0.2, -0.15) is 0 Å². The van der Waals surface area contributed by atoms with Gasteiger partial charge in [-0.05, 0) is 44.5 Å². The molecule has 3 aliphatic heterocycles. The van der Waals surface area contributed by atoms with Crippen LogP contribution in [0.1, 0.15) is 36.2 Å². The number of amides is 1. The zero-order valence-electron chi connectivity index (χ0n) is 20.9. The Morgan fingerprint density at radius 1 is 1.22 bits per heavy atom. The number of rotatable bonds is 7. The van der Waals surface area contributed by atoms with Crippen LogP contribution in [-0.2, 0) is 4.74 Å². The number of nitrogens with one attached hydrogen (secondary N) is 1. The number of ether oxygens (including phenoxy) is 3. The minimum atomic E-state index is -0.283. The maximum absolute atomic E-state index is 12.8. The van der Waals surface area contributed by atoms with Crippen LogP contribution in [-0.4, -0.2) is 91.1 Å². The third kappa shape index (κ3) is 5.05. The molecule has 2 atom stereocenters. The number of carbonyl (C=O) groups is 1. The van der Waals surface area contributed by atoms with Gasteiger partial charge in [0.05, 0.1) is 38.0 Å². The summed E-state index contributed by atoms with van der Waals surface area (Å²) in [6.45, 7) is 8.86. The average Bonchev–Trinajstić information content (AvgIpc) is 3.37. The molecule has 1 aromatic heterocycles. The number of methoxy groups -OCH3 is 1. The molecule has 0 saturated carbocycles. The van der Waals surface area contributed by atoms with Crippen molar-refractivity contribution in [2.45, 2.75) is 32.5 Å². The fourth-order valence-corrected chi connectivity index (χ4v) is 4.91. The largest absolute Gasteiger partial charge is 0.491 e. The van der Waals surface area contributed by atoms with E-state index < -0.39 is 0 Å². The van der Waals surface area contributed by atoms with Crippen LogP contribution in [0.15, 0.2) is 46.6 Å². The van der Waals surface area contributed by atoms with Gasteiger partial charge in [0.15, 0.2) is 11.5 Å². The van der Waals surface area contributed by atoms with Gasteiger partial charge in [-0.15, -0.1) is 0 Å². The monoisotopic (exact) mass is 492 g/mol. The average molecular weight is 493 g/mol. The number of nitrogens with zero attached hydrogens (tertiary/aromatic N) is 5. The number of benzene rings is 1. The molecule has 10 nitrogen and oxygen atoms in total. The second-order valence-corrected chi connectivity index (χ2v) is 9.20. The van der Waals surface area contributed by atoms with Gasteiger partial charge in [0.25, 0.3) is 5.91 Å². The molecule has 1 N–H and O–H groups in total. The molecule has 0 radical (unpaired) electrons. The normalized spacial score (nSPS) is 21.2. The van der Waals surface area contributed by atoms with Crippen LogP contribution in [0.2, 0.25) is 0 Å². The lowest BCUT2D eigenvalue weighted by atomic mass is 10.1. The maximum atomic E-state index is 12.8. The van der Waals surface area contributed by atoms with Crippen molar-refractivity contribution in [2.75, 3.05) is 46.4 Å². The first-order valence-electron chi connectivity index (χ1n) is 12.4. The van der Waals surface area contributed by atoms with Crippen LogP contribution in [0, 0.1) is 0 Å². The number of hydrogen-bond donors (Lipinski definition) is 1. The Balaban J connectivity index is 1.32. The summed E-state index contributed by atoms with van der Waals surface area (Å²) in [6, 6.07) is 7.30. The van der Waals surface area contributed by atoms with Crippen molar-refractivity contribution in [1.82, 2.24) is 20.1 Å². The van der Waals surface area contributed by atoms with Gasteiger partial charge in [0, 0.05) is 44.1 Å². The molecule has 3 aliphatic rings. The molecule has 190 valence electrons. The van der Waals surface area contributed by atoms with Gasteiger partial charge in [-0.25, -0.2) is 4.99 Å². The zero-order valence-corrected chi connectivity index (χ0v) is 20.9. The highest BCUT2D eigenvalue weighted by atomic mass is 16.5. The number of morpholine rings is 1. The van der Waals surface area contributed by atoms with E-state index in [1.165, 1.54) is 6.20 Å². The third-order valence-electron chi connectivity index (χ3n) is 6.38. The minimum Gasteiger partial charge on any atom is -0.491 e. The topological polar surface area (TPSA) is 101 Å². The van der Waals surface area contributed by atoms with E-state index in [1.807, 2.05) is 17.0 Å². The Bertz CT molecular complexity index is 1160. The van der Waals surface area contributed by atoms with Crippen LogP contribution in [0.5, 0.6) is 11.5 Å². The SMILES string of the molecule is COc1c(OCCCN2C[C@H](C)O[C@@H](C)C2)ccc2c1N=C(NC(=O)c1cccnc1)N1CCN=C21. The summed E-state index contributed by atoms with van der Waals surface area (Å²) in [5.41, 5.74) is 1.91. The Morgan fingerprint density at radius 2 is 2.06 bits per heavy atom. The second kappa shape index (κ2) is 10.6. The molecule has 2 aromatic rings. The van der Waals surface area contributed by atoms with Gasteiger partial charge in [-0.3, -0.25) is 29.9 Å². The molecule has 0 unspecified atom stereocenters. The van der Waals surface area contributed by atoms with Gasteiger partial charge >= 0.3 is 0 Å². The van der Waals surface area contributed by atoms with Crippen molar-refractivity contribution in [2.24, 2.45) is 9.98 Å². The molecule has 36 heavy (non-hydrogen) atoms. The molecule has 10 heteroatoms. The highest BCUT2D eigenvalue weighted by Crippen LogP contribution is 2.43. The smallest absolute Gasteiger partial charge is 0.259 e. The van der Waals surface area contributed by atoms with E-state index >= 15 is 0 Å². The lowest BCUT2D eigenvalue weighted by Gasteiger charge is -2.35. The van der Waals surface area contributed by atoms with E-state index in [-0.39, 0.29) is 18.1 Å². The zero-order chi connectivity index (χ0) is 25.1. The molecule has 1 aromatic carbocycles. The molecular formula is C26H32N6O4. The van der Waals surface area contributed by atoms with Crippen molar-refractivity contribution < 1.29 is 19.0 Å². The Morgan fingerprint density at radius 3 is 2.81 bits per heavy atom. The molecule has 0 aliphatic carbocycles. The highest BCUT2D eigenvalue weighted by molar-refractivity contribution is 6.20. The fraction of sp³-hybridized carbons (Fsp3) is 0.462. The quantitative estimate of drug-likeness (QED) is 0.593. The maximum Gasteiger partial charge on any atom is 0.259 e. The third-order valence-corrected chi connectivity index (χ3v) is 6.38. The first kappa shape index (κ1) is 24.2. The summed E-state index contributed by atoms with van der Waals surface area (Å²) in [4.78, 5) is 30.6. The molecule has 1 saturated heterocycles. The van der Waals surface area contributed by atoms with Crippen molar-refractivity contribution in [3.63, 3.8) is 0 Å². The van der Waals surface area contributed by atoms with Gasteiger partial charge < -0.3 is 14.2 Å². The number of aliphatic imine (C=N–C) groups is 2. The number of pyridine rings is 1. The predicted octanol–water partition coefficient (Wildman–Crippen LogP) is 2.46. The van der Waals surface area contributed by atoms with Gasteiger partial charge in [0.1, 0.15) is 11.5 Å². The number of amidine groups is 1. The van der Waals surface area contributed by atoms with Gasteiger partial charge in [0.2, 0.25) is 5.96 Å². The molecule has 0 spiro atoms. The predicted molar refractivity (Wildman–Crippen MR) is 136 cm³/mol. The van der Waals surface area contributed by atoms with Crippen molar-refractivity contribution >= 4 is 23.4 Å². The Hall–Kier alpha value is -3.50. The Kier molecular flexibility index (Phi) is 7.15. The Labute approximate surface area is 211 Å². The van der Waals surface area contributed by atoms with E-state index in [0.29, 0.717) is 48.4 Å². The molecule has 1 fully saturated rings. The summed E-state index contributed by atoms with van der Waals surface area (Å²) < 4.78 is 17.7. The first-order valence-corrected chi connectivity index (χ1v) is 12.4. The van der Waals surface area contributed by atoms with Gasteiger partial charge in [-0.1, -0.05) is 0 Å². The number of carbonyl (C=O) groups excluding carboxylic acids is 1. The standard InChI is InChI=1S/C26H32N6O4/c1-17-15-31(16-18(2)36-17)11-5-13-35-21-8-7-20-22(23(21)34-3)29-26(32-12-10-28-24(20)32)30-25(33)19-6-4-9-27-14-19/h4,6-9,14,17-18H,5,10-13,15-16H2,1-3H3,(H,29,30,33)/t17-,18-/m0/s1. The summed E-state index contributed by atoms with van der Waals surface area (Å²) in [5, 5.41) is 2.92. The summed E-state index contributed by atoms with van der Waals surface area (Å²) >= 11 is 0. The number of hydrogen-bond acceptors (Lipinski definition) is 9. The lowest BCUT2D eigenvalue weighted by molar-refractivity contribution is -0.0686. The minimum absolute atomic E-state index is 0.249. The second-order valence-electron chi connectivity index (χ2n) is 9.20. The van der Waals surface area contributed by atoms with Crippen LogP contribution < -0.4 is 14.8 Å². The van der Waals surface area contributed by atoms with E-state index in [0.717, 1.165) is 37.5 Å². The van der Waals surface area contributed by atoms with E-state index in [4.69, 9.17) is 19.2 Å². The molecule has 1 amide bonds. The number of fused-ring (bicyclic) bond motifs is 3. The number of aromatic nitrogens is 1.